The maximum Gasteiger partial charge on any atom is 0.323 e. The van der Waals surface area contributed by atoms with E-state index in [2.05, 4.69) is 50.9 Å². The molecular formula is C20H28N6O. The van der Waals surface area contributed by atoms with Crippen LogP contribution in [0.4, 0.5) is 10.6 Å². The molecule has 2 amide bonds. The molecule has 2 aromatic rings. The Balaban J connectivity index is 1.37. The number of aryl methyl sites for hydroxylation is 1. The number of nitrogens with one attached hydrogen (secondary N) is 1. The van der Waals surface area contributed by atoms with E-state index in [0.717, 1.165) is 44.8 Å². The van der Waals surface area contributed by atoms with E-state index in [1.165, 1.54) is 18.4 Å². The highest BCUT2D eigenvalue weighted by molar-refractivity contribution is 5.89. The maximum absolute atomic E-state index is 12.7. The van der Waals surface area contributed by atoms with E-state index in [-0.39, 0.29) is 11.4 Å². The molecule has 1 N–H and O–H groups in total. The number of urea groups is 1. The fourth-order valence-electron chi connectivity index (χ4n) is 4.43. The summed E-state index contributed by atoms with van der Waals surface area (Å²) < 4.78 is 1.67. The summed E-state index contributed by atoms with van der Waals surface area (Å²) in [5.74, 6) is 0.554. The molecule has 0 radical (unpaired) electrons. The zero-order valence-electron chi connectivity index (χ0n) is 16.2. The molecule has 1 aromatic heterocycles. The molecule has 0 saturated carbocycles. The first-order chi connectivity index (χ1) is 13.0. The Morgan fingerprint density at radius 3 is 2.74 bits per heavy atom. The van der Waals surface area contributed by atoms with Crippen molar-refractivity contribution in [3.05, 3.63) is 41.6 Å². The van der Waals surface area contributed by atoms with Crippen LogP contribution in [-0.4, -0.2) is 57.0 Å². The van der Waals surface area contributed by atoms with Gasteiger partial charge in [0.05, 0.1) is 5.69 Å². The molecule has 2 aliphatic rings. The van der Waals surface area contributed by atoms with E-state index < -0.39 is 0 Å². The molecule has 0 aliphatic carbocycles. The lowest BCUT2D eigenvalue weighted by molar-refractivity contribution is 0.0905. The van der Waals surface area contributed by atoms with Crippen LogP contribution in [0.25, 0.3) is 0 Å². The third kappa shape index (κ3) is 3.83. The summed E-state index contributed by atoms with van der Waals surface area (Å²) >= 11 is 0. The number of rotatable bonds is 3. The molecule has 27 heavy (non-hydrogen) atoms. The predicted octanol–water partition coefficient (Wildman–Crippen LogP) is 2.64. The Labute approximate surface area is 160 Å². The van der Waals surface area contributed by atoms with Gasteiger partial charge in [0.2, 0.25) is 0 Å². The van der Waals surface area contributed by atoms with Gasteiger partial charge in [-0.3, -0.25) is 14.9 Å². The number of benzene rings is 1. The molecule has 4 rings (SSSR count). The second-order valence-electron chi connectivity index (χ2n) is 8.05. The SMILES string of the molecule is Cc1c(NC(=O)N2CCC3(CCCN(Cc4ccccc4)C3)C2)nnn1C. The van der Waals surface area contributed by atoms with Crippen molar-refractivity contribution in [1.82, 2.24) is 24.8 Å². The monoisotopic (exact) mass is 368 g/mol. The highest BCUT2D eigenvalue weighted by Crippen LogP contribution is 2.39. The number of hydrogen-bond acceptors (Lipinski definition) is 4. The van der Waals surface area contributed by atoms with Gasteiger partial charge in [-0.2, -0.15) is 0 Å². The van der Waals surface area contributed by atoms with Gasteiger partial charge in [-0.15, -0.1) is 5.10 Å². The van der Waals surface area contributed by atoms with Crippen molar-refractivity contribution in [2.75, 3.05) is 31.5 Å². The molecule has 1 aromatic carbocycles. The molecule has 2 saturated heterocycles. The van der Waals surface area contributed by atoms with Gasteiger partial charge in [-0.05, 0) is 38.3 Å². The topological polar surface area (TPSA) is 66.3 Å². The summed E-state index contributed by atoms with van der Waals surface area (Å²) in [5.41, 5.74) is 2.45. The van der Waals surface area contributed by atoms with Crippen LogP contribution in [0.15, 0.2) is 30.3 Å². The highest BCUT2D eigenvalue weighted by atomic mass is 16.2. The minimum Gasteiger partial charge on any atom is -0.324 e. The average Bonchev–Trinajstić information content (AvgIpc) is 3.21. The summed E-state index contributed by atoms with van der Waals surface area (Å²) in [6.45, 7) is 6.74. The van der Waals surface area contributed by atoms with E-state index in [4.69, 9.17) is 0 Å². The van der Waals surface area contributed by atoms with Gasteiger partial charge in [0.15, 0.2) is 5.82 Å². The maximum atomic E-state index is 12.7. The fraction of sp³-hybridized carbons (Fsp3) is 0.550. The molecule has 7 heteroatoms. The van der Waals surface area contributed by atoms with Crippen LogP contribution in [-0.2, 0) is 13.6 Å². The second kappa shape index (κ2) is 7.31. The van der Waals surface area contributed by atoms with Gasteiger partial charge in [0.1, 0.15) is 0 Å². The third-order valence-corrected chi connectivity index (χ3v) is 6.05. The molecule has 0 bridgehead atoms. The van der Waals surface area contributed by atoms with Crippen molar-refractivity contribution < 1.29 is 4.79 Å². The van der Waals surface area contributed by atoms with Gasteiger partial charge in [0, 0.05) is 38.6 Å². The number of aromatic nitrogens is 3. The first-order valence-electron chi connectivity index (χ1n) is 9.73. The number of anilines is 1. The van der Waals surface area contributed by atoms with E-state index >= 15 is 0 Å². The minimum atomic E-state index is -0.0596. The second-order valence-corrected chi connectivity index (χ2v) is 8.05. The first kappa shape index (κ1) is 18.0. The van der Waals surface area contributed by atoms with Crippen molar-refractivity contribution in [1.29, 1.82) is 0 Å². The summed E-state index contributed by atoms with van der Waals surface area (Å²) in [7, 11) is 1.83. The average molecular weight is 368 g/mol. The molecule has 2 aliphatic heterocycles. The van der Waals surface area contributed by atoms with Crippen LogP contribution >= 0.6 is 0 Å². The Morgan fingerprint density at radius 2 is 2.00 bits per heavy atom. The van der Waals surface area contributed by atoms with Crippen LogP contribution in [0.3, 0.4) is 0 Å². The third-order valence-electron chi connectivity index (χ3n) is 6.05. The van der Waals surface area contributed by atoms with Crippen LogP contribution in [0.5, 0.6) is 0 Å². The largest absolute Gasteiger partial charge is 0.324 e. The number of likely N-dealkylation sites (tertiary alicyclic amines) is 2. The Bertz CT molecular complexity index is 804. The molecular weight excluding hydrogens is 340 g/mol. The van der Waals surface area contributed by atoms with Crippen molar-refractivity contribution in [2.24, 2.45) is 12.5 Å². The van der Waals surface area contributed by atoms with E-state index in [9.17, 15) is 4.79 Å². The lowest BCUT2D eigenvalue weighted by atomic mass is 9.79. The van der Waals surface area contributed by atoms with Gasteiger partial charge < -0.3 is 4.90 Å². The van der Waals surface area contributed by atoms with Crippen LogP contribution < -0.4 is 5.32 Å². The number of amides is 2. The van der Waals surface area contributed by atoms with Gasteiger partial charge >= 0.3 is 6.03 Å². The number of nitrogens with zero attached hydrogens (tertiary/aromatic N) is 5. The molecule has 3 heterocycles. The van der Waals surface area contributed by atoms with Crippen molar-refractivity contribution in [3.63, 3.8) is 0 Å². The molecule has 7 nitrogen and oxygen atoms in total. The Morgan fingerprint density at radius 1 is 1.19 bits per heavy atom. The summed E-state index contributed by atoms with van der Waals surface area (Å²) in [5, 5.41) is 10.9. The Kier molecular flexibility index (Phi) is 4.86. The smallest absolute Gasteiger partial charge is 0.323 e. The number of piperidine rings is 1. The van der Waals surface area contributed by atoms with Gasteiger partial charge in [-0.25, -0.2) is 4.79 Å². The predicted molar refractivity (Wildman–Crippen MR) is 104 cm³/mol. The number of carbonyl (C=O) groups excluding carboxylic acids is 1. The zero-order chi connectivity index (χ0) is 18.9. The highest BCUT2D eigenvalue weighted by Gasteiger charge is 2.42. The van der Waals surface area contributed by atoms with Crippen LogP contribution in [0, 0.1) is 12.3 Å². The lowest BCUT2D eigenvalue weighted by Crippen LogP contribution is -2.45. The van der Waals surface area contributed by atoms with E-state index in [1.807, 2.05) is 18.9 Å². The quantitative estimate of drug-likeness (QED) is 0.904. The standard InChI is InChI=1S/C20H28N6O/c1-16-18(22-23-24(16)2)21-19(27)26-12-10-20(15-26)9-6-11-25(14-20)13-17-7-4-3-5-8-17/h3-5,7-8H,6,9-15H2,1-2H3,(H,21,27). The van der Waals surface area contributed by atoms with E-state index in [1.54, 1.807) is 4.68 Å². The summed E-state index contributed by atoms with van der Waals surface area (Å²) in [6, 6.07) is 10.6. The normalized spacial score (nSPS) is 23.1. The van der Waals surface area contributed by atoms with Crippen molar-refractivity contribution in [3.8, 4) is 0 Å². The molecule has 1 spiro atoms. The first-order valence-corrected chi connectivity index (χ1v) is 9.73. The number of carbonyl (C=O) groups is 1. The van der Waals surface area contributed by atoms with Crippen molar-refractivity contribution >= 4 is 11.8 Å². The number of hydrogen-bond donors (Lipinski definition) is 1. The Hall–Kier alpha value is -2.41. The summed E-state index contributed by atoms with van der Waals surface area (Å²) in [4.78, 5) is 17.2. The van der Waals surface area contributed by atoms with Gasteiger partial charge in [0.25, 0.3) is 0 Å². The van der Waals surface area contributed by atoms with E-state index in [0.29, 0.717) is 5.82 Å². The fourth-order valence-corrected chi connectivity index (χ4v) is 4.43. The minimum absolute atomic E-state index is 0.0596. The molecule has 144 valence electrons. The zero-order valence-corrected chi connectivity index (χ0v) is 16.2. The van der Waals surface area contributed by atoms with Crippen molar-refractivity contribution in [2.45, 2.75) is 32.7 Å². The molecule has 2 fully saturated rings. The summed E-state index contributed by atoms with van der Waals surface area (Å²) in [6.07, 6.45) is 3.48. The lowest BCUT2D eigenvalue weighted by Gasteiger charge is -2.40. The molecule has 1 unspecified atom stereocenters. The van der Waals surface area contributed by atoms with Crippen LogP contribution in [0.2, 0.25) is 0 Å². The molecule has 1 atom stereocenters. The van der Waals surface area contributed by atoms with Gasteiger partial charge in [-0.1, -0.05) is 35.5 Å². The van der Waals surface area contributed by atoms with Crippen LogP contribution in [0.1, 0.15) is 30.5 Å².